The van der Waals surface area contributed by atoms with Crippen molar-refractivity contribution < 1.29 is 4.42 Å². The quantitative estimate of drug-likeness (QED) is 0.428. The van der Waals surface area contributed by atoms with E-state index < -0.39 is 0 Å². The van der Waals surface area contributed by atoms with Crippen molar-refractivity contribution in [2.45, 2.75) is 5.92 Å². The number of rotatable bonds is 3. The van der Waals surface area contributed by atoms with Crippen LogP contribution in [0, 0.1) is 0 Å². The fourth-order valence-electron chi connectivity index (χ4n) is 4.06. The smallest absolute Gasteiger partial charge is 0.153 e. The number of imidazole rings is 1. The zero-order valence-electron chi connectivity index (χ0n) is 15.4. The summed E-state index contributed by atoms with van der Waals surface area (Å²) in [6.45, 7) is 0. The molecule has 0 spiro atoms. The minimum Gasteiger partial charge on any atom is -0.472 e. The minimum atomic E-state index is -0.0168. The van der Waals surface area contributed by atoms with Gasteiger partial charge >= 0.3 is 0 Å². The van der Waals surface area contributed by atoms with Crippen LogP contribution < -0.4 is 0 Å². The molecule has 138 valence electrons. The van der Waals surface area contributed by atoms with E-state index in [0.717, 1.165) is 33.4 Å². The van der Waals surface area contributed by atoms with Gasteiger partial charge in [-0.2, -0.15) is 5.10 Å². The second-order valence-electron chi connectivity index (χ2n) is 7.12. The van der Waals surface area contributed by atoms with Gasteiger partial charge in [0.1, 0.15) is 0 Å². The Morgan fingerprint density at radius 1 is 0.828 bits per heavy atom. The molecule has 1 aromatic carbocycles. The lowest BCUT2D eigenvalue weighted by Gasteiger charge is -2.17. The Bertz CT molecular complexity index is 1400. The molecular weight excluding hydrogens is 360 g/mol. The molecule has 0 radical (unpaired) electrons. The number of aromatic nitrogens is 4. The molecule has 5 heteroatoms. The fourth-order valence-corrected chi connectivity index (χ4v) is 4.06. The second-order valence-corrected chi connectivity index (χ2v) is 7.12. The van der Waals surface area contributed by atoms with Crippen LogP contribution in [0.3, 0.4) is 0 Å². The molecule has 0 fully saturated rings. The zero-order chi connectivity index (χ0) is 19.2. The van der Waals surface area contributed by atoms with Gasteiger partial charge in [0.15, 0.2) is 5.65 Å². The molecule has 3 aromatic heterocycles. The molecule has 1 aliphatic heterocycles. The Balaban J connectivity index is 1.62. The number of fused-ring (bicyclic) bond motifs is 3. The van der Waals surface area contributed by atoms with Crippen LogP contribution in [0.5, 0.6) is 0 Å². The van der Waals surface area contributed by atoms with Crippen molar-refractivity contribution in [1.82, 2.24) is 19.6 Å². The van der Waals surface area contributed by atoms with Crippen LogP contribution in [0.4, 0.5) is 0 Å². The molecule has 0 N–H and O–H groups in total. The van der Waals surface area contributed by atoms with Gasteiger partial charge in [0.05, 0.1) is 35.9 Å². The molecule has 29 heavy (non-hydrogen) atoms. The largest absolute Gasteiger partial charge is 0.472 e. The zero-order valence-corrected chi connectivity index (χ0v) is 15.4. The van der Waals surface area contributed by atoms with Gasteiger partial charge in [-0.05, 0) is 65.2 Å². The summed E-state index contributed by atoms with van der Waals surface area (Å²) in [7, 11) is 0. The molecule has 0 saturated carbocycles. The van der Waals surface area contributed by atoms with Crippen molar-refractivity contribution in [2.75, 3.05) is 0 Å². The van der Waals surface area contributed by atoms with Gasteiger partial charge in [0.25, 0.3) is 0 Å². The Morgan fingerprint density at radius 2 is 1.76 bits per heavy atom. The summed E-state index contributed by atoms with van der Waals surface area (Å²) >= 11 is 0. The van der Waals surface area contributed by atoms with E-state index in [1.54, 1.807) is 18.7 Å². The first-order valence-electron chi connectivity index (χ1n) is 9.46. The molecule has 1 aliphatic carbocycles. The highest BCUT2D eigenvalue weighted by Crippen LogP contribution is 2.38. The van der Waals surface area contributed by atoms with E-state index in [2.05, 4.69) is 51.5 Å². The van der Waals surface area contributed by atoms with E-state index in [4.69, 9.17) is 4.42 Å². The summed E-state index contributed by atoms with van der Waals surface area (Å²) in [6.07, 6.45) is 9.02. The first-order chi connectivity index (χ1) is 14.4. The molecule has 1 atom stereocenters. The van der Waals surface area contributed by atoms with Crippen molar-refractivity contribution in [3.63, 3.8) is 0 Å². The first-order valence-corrected chi connectivity index (χ1v) is 9.46. The number of pyridine rings is 1. The van der Waals surface area contributed by atoms with Crippen LogP contribution in [0.1, 0.15) is 22.7 Å². The van der Waals surface area contributed by atoms with Crippen molar-refractivity contribution >= 4 is 16.6 Å². The third-order valence-corrected chi connectivity index (χ3v) is 5.39. The van der Waals surface area contributed by atoms with Crippen molar-refractivity contribution in [1.29, 1.82) is 0 Å². The lowest BCUT2D eigenvalue weighted by atomic mass is 9.89. The standard InChI is InChI=1S/C24H16N4O/c1-3-17-12-18(5-6-21(17)25-8-1)24(19-11-16-7-10-29-15-20(16)13-19)22-14-26-23-4-2-9-27-28(22)23/h1-15,24H. The summed E-state index contributed by atoms with van der Waals surface area (Å²) in [4.78, 5) is 9.04. The molecular formula is C24H16N4O. The average molecular weight is 376 g/mol. The summed E-state index contributed by atoms with van der Waals surface area (Å²) in [5.74, 6) is -0.0168. The minimum absolute atomic E-state index is 0.0168. The van der Waals surface area contributed by atoms with E-state index in [9.17, 15) is 0 Å². The predicted molar refractivity (Wildman–Crippen MR) is 111 cm³/mol. The monoisotopic (exact) mass is 376 g/mol. The van der Waals surface area contributed by atoms with Gasteiger partial charge < -0.3 is 4.42 Å². The molecule has 0 saturated heterocycles. The molecule has 6 rings (SSSR count). The molecule has 0 bridgehead atoms. The van der Waals surface area contributed by atoms with Gasteiger partial charge in [-0.25, -0.2) is 9.50 Å². The number of benzene rings is 1. The topological polar surface area (TPSA) is 56.2 Å². The highest BCUT2D eigenvalue weighted by atomic mass is 16.3. The van der Waals surface area contributed by atoms with Crippen molar-refractivity contribution in [2.24, 2.45) is 0 Å². The maximum absolute atomic E-state index is 5.37. The van der Waals surface area contributed by atoms with E-state index >= 15 is 0 Å². The van der Waals surface area contributed by atoms with Crippen LogP contribution in [0.2, 0.25) is 0 Å². The number of hydrogen-bond acceptors (Lipinski definition) is 4. The van der Waals surface area contributed by atoms with E-state index in [-0.39, 0.29) is 5.92 Å². The molecule has 4 aromatic rings. The highest BCUT2D eigenvalue weighted by molar-refractivity contribution is 5.80. The van der Waals surface area contributed by atoms with Gasteiger partial charge in [-0.15, -0.1) is 0 Å². The third kappa shape index (κ3) is 2.59. The summed E-state index contributed by atoms with van der Waals surface area (Å²) in [6, 6.07) is 20.7. The fraction of sp³-hybridized carbons (Fsp3) is 0.0417. The Morgan fingerprint density at radius 3 is 2.72 bits per heavy atom. The molecule has 5 nitrogen and oxygen atoms in total. The van der Waals surface area contributed by atoms with E-state index in [1.807, 2.05) is 41.2 Å². The van der Waals surface area contributed by atoms with E-state index in [0.29, 0.717) is 0 Å². The number of nitrogens with zero attached hydrogens (tertiary/aromatic N) is 4. The molecule has 0 amide bonds. The van der Waals surface area contributed by atoms with Gasteiger partial charge in [-0.1, -0.05) is 12.1 Å². The molecule has 4 heterocycles. The maximum Gasteiger partial charge on any atom is 0.153 e. The highest BCUT2D eigenvalue weighted by Gasteiger charge is 2.24. The summed E-state index contributed by atoms with van der Waals surface area (Å²) in [5, 5.41) is 5.67. The Labute approximate surface area is 166 Å². The van der Waals surface area contributed by atoms with Gasteiger partial charge in [0, 0.05) is 23.3 Å². The van der Waals surface area contributed by atoms with Crippen molar-refractivity contribution in [3.05, 3.63) is 109 Å². The predicted octanol–water partition coefficient (Wildman–Crippen LogP) is 5.16. The maximum atomic E-state index is 5.37. The third-order valence-electron chi connectivity index (χ3n) is 5.39. The van der Waals surface area contributed by atoms with Gasteiger partial charge in [0.2, 0.25) is 0 Å². The lowest BCUT2D eigenvalue weighted by molar-refractivity contribution is 0.552. The first kappa shape index (κ1) is 16.0. The summed E-state index contributed by atoms with van der Waals surface area (Å²) < 4.78 is 7.29. The van der Waals surface area contributed by atoms with Crippen LogP contribution in [-0.2, 0) is 0 Å². The SMILES string of the molecule is c1cnc2ccc(C(c3cc4ccocc-4c3)c3cnc4cccnn34)cc2c1. The van der Waals surface area contributed by atoms with Gasteiger partial charge in [-0.3, -0.25) is 4.98 Å². The van der Waals surface area contributed by atoms with E-state index in [1.165, 1.54) is 11.1 Å². The average Bonchev–Trinajstić information content (AvgIpc) is 3.39. The van der Waals surface area contributed by atoms with Crippen LogP contribution in [0.15, 0.2) is 96.2 Å². The second kappa shape index (κ2) is 6.27. The molecule has 1 unspecified atom stereocenters. The van der Waals surface area contributed by atoms with Crippen LogP contribution in [-0.4, -0.2) is 19.6 Å². The lowest BCUT2D eigenvalue weighted by Crippen LogP contribution is -2.07. The van der Waals surface area contributed by atoms with Crippen LogP contribution in [0.25, 0.3) is 27.7 Å². The Hall–Kier alpha value is -3.99. The van der Waals surface area contributed by atoms with Crippen LogP contribution >= 0.6 is 0 Å². The molecule has 2 aliphatic rings. The summed E-state index contributed by atoms with van der Waals surface area (Å²) in [5.41, 5.74) is 7.43. The van der Waals surface area contributed by atoms with Crippen molar-refractivity contribution in [3.8, 4) is 11.1 Å². The number of hydrogen-bond donors (Lipinski definition) is 0. The Kier molecular flexibility index (Phi) is 3.46. The normalized spacial score (nSPS) is 12.7.